The molecule has 0 bridgehead atoms. The molecule has 1 saturated carbocycles. The maximum atomic E-state index is 2.55. The summed E-state index contributed by atoms with van der Waals surface area (Å²) >= 11 is 0. The zero-order chi connectivity index (χ0) is 15.9. The molecule has 4 atom stereocenters. The Morgan fingerprint density at radius 1 is 0.542 bits per heavy atom. The van der Waals surface area contributed by atoms with Crippen molar-refractivity contribution in [1.29, 1.82) is 0 Å². The monoisotopic (exact) mass is 308 g/mol. The first kappa shape index (κ1) is 13.8. The van der Waals surface area contributed by atoms with E-state index < -0.39 is 0 Å². The fraction of sp³-hybridized carbons (Fsp3) is 0.167. The summed E-state index contributed by atoms with van der Waals surface area (Å²) < 4.78 is 0. The van der Waals surface area contributed by atoms with Crippen molar-refractivity contribution in [2.24, 2.45) is 11.8 Å². The molecule has 24 heavy (non-hydrogen) atoms. The van der Waals surface area contributed by atoms with E-state index in [9.17, 15) is 0 Å². The zero-order valence-corrected chi connectivity index (χ0v) is 13.5. The Labute approximate surface area is 143 Å². The largest absolute Gasteiger partial charge is 0.0760 e. The van der Waals surface area contributed by atoms with Gasteiger partial charge in [-0.2, -0.15) is 0 Å². The minimum absolute atomic E-state index is 0.517. The van der Waals surface area contributed by atoms with Crippen LogP contribution in [0.15, 0.2) is 97.1 Å². The van der Waals surface area contributed by atoms with Crippen molar-refractivity contribution in [3.63, 3.8) is 0 Å². The standard InChI is InChI=1S/C24H20/c1-4-10-17(11-5-1)20-16-21-23(19-14-8-3-9-15-19)24(21)22(20)18-12-6-2-7-13-18/h1-16,21-24H. The van der Waals surface area contributed by atoms with Crippen molar-refractivity contribution in [2.75, 3.05) is 0 Å². The summed E-state index contributed by atoms with van der Waals surface area (Å²) in [6, 6.07) is 33.0. The summed E-state index contributed by atoms with van der Waals surface area (Å²) in [5.41, 5.74) is 5.85. The highest BCUT2D eigenvalue weighted by Gasteiger charge is 2.58. The molecule has 0 N–H and O–H groups in total. The van der Waals surface area contributed by atoms with E-state index in [-0.39, 0.29) is 0 Å². The summed E-state index contributed by atoms with van der Waals surface area (Å²) in [6.45, 7) is 0. The molecule has 0 radical (unpaired) electrons. The Hall–Kier alpha value is -2.60. The van der Waals surface area contributed by atoms with Gasteiger partial charge >= 0.3 is 0 Å². The summed E-state index contributed by atoms with van der Waals surface area (Å²) in [5.74, 6) is 2.60. The topological polar surface area (TPSA) is 0 Å². The molecule has 0 saturated heterocycles. The van der Waals surface area contributed by atoms with E-state index in [1.807, 2.05) is 0 Å². The first-order valence-electron chi connectivity index (χ1n) is 8.80. The first-order chi connectivity index (χ1) is 11.9. The molecular formula is C24H20. The van der Waals surface area contributed by atoms with Crippen LogP contribution in [0.1, 0.15) is 28.5 Å². The molecule has 0 aliphatic heterocycles. The van der Waals surface area contributed by atoms with E-state index in [1.165, 1.54) is 22.3 Å². The SMILES string of the molecule is C1=C(c2ccccc2)C(c2ccccc2)C2C1C2c1ccccc1. The Bertz CT molecular complexity index is 862. The van der Waals surface area contributed by atoms with Gasteiger partial charge in [0, 0.05) is 5.92 Å². The molecule has 3 aromatic carbocycles. The predicted molar refractivity (Wildman–Crippen MR) is 99.8 cm³/mol. The fourth-order valence-corrected chi connectivity index (χ4v) is 4.61. The maximum absolute atomic E-state index is 2.55. The van der Waals surface area contributed by atoms with E-state index in [1.54, 1.807) is 0 Å². The summed E-state index contributed by atoms with van der Waals surface area (Å²) in [5, 5.41) is 0. The average Bonchev–Trinajstić information content (AvgIpc) is 3.24. The minimum Gasteiger partial charge on any atom is -0.0760 e. The van der Waals surface area contributed by atoms with Crippen molar-refractivity contribution in [3.8, 4) is 0 Å². The lowest BCUT2D eigenvalue weighted by Crippen LogP contribution is -2.04. The smallest absolute Gasteiger partial charge is 0.0132 e. The van der Waals surface area contributed by atoms with Gasteiger partial charge in [-0.1, -0.05) is 97.1 Å². The molecule has 2 aliphatic rings. The fourth-order valence-electron chi connectivity index (χ4n) is 4.61. The third-order valence-electron chi connectivity index (χ3n) is 5.68. The molecule has 116 valence electrons. The van der Waals surface area contributed by atoms with Crippen LogP contribution in [0, 0.1) is 11.8 Å². The van der Waals surface area contributed by atoms with Gasteiger partial charge in [-0.3, -0.25) is 0 Å². The molecule has 0 nitrogen and oxygen atoms in total. The number of rotatable bonds is 3. The molecule has 0 amide bonds. The van der Waals surface area contributed by atoms with Crippen LogP contribution in [0.2, 0.25) is 0 Å². The van der Waals surface area contributed by atoms with Crippen LogP contribution >= 0.6 is 0 Å². The van der Waals surface area contributed by atoms with Crippen molar-refractivity contribution in [3.05, 3.63) is 114 Å². The molecule has 4 unspecified atom stereocenters. The van der Waals surface area contributed by atoms with Crippen LogP contribution in [-0.4, -0.2) is 0 Å². The predicted octanol–water partition coefficient (Wildman–Crippen LogP) is 5.90. The number of allylic oxidation sites excluding steroid dienone is 2. The highest BCUT2D eigenvalue weighted by molar-refractivity contribution is 5.77. The van der Waals surface area contributed by atoms with Crippen LogP contribution in [0.3, 0.4) is 0 Å². The van der Waals surface area contributed by atoms with Gasteiger partial charge < -0.3 is 0 Å². The quantitative estimate of drug-likeness (QED) is 0.565. The minimum atomic E-state index is 0.517. The van der Waals surface area contributed by atoms with E-state index in [0.717, 1.165) is 0 Å². The molecule has 1 fully saturated rings. The normalized spacial score (nSPS) is 27.4. The van der Waals surface area contributed by atoms with Crippen LogP contribution in [-0.2, 0) is 0 Å². The third-order valence-corrected chi connectivity index (χ3v) is 5.68. The van der Waals surface area contributed by atoms with E-state index >= 15 is 0 Å². The molecule has 3 aromatic rings. The van der Waals surface area contributed by atoms with Crippen LogP contribution < -0.4 is 0 Å². The molecule has 0 spiro atoms. The Morgan fingerprint density at radius 3 is 1.71 bits per heavy atom. The van der Waals surface area contributed by atoms with Crippen LogP contribution in [0.25, 0.3) is 5.57 Å². The lowest BCUT2D eigenvalue weighted by Gasteiger charge is -2.20. The Kier molecular flexibility index (Phi) is 3.16. The highest BCUT2D eigenvalue weighted by Crippen LogP contribution is 2.68. The highest BCUT2D eigenvalue weighted by atomic mass is 14.6. The molecule has 2 aliphatic carbocycles. The van der Waals surface area contributed by atoms with Gasteiger partial charge in [0.2, 0.25) is 0 Å². The summed E-state index contributed by atoms with van der Waals surface area (Å²) in [7, 11) is 0. The Morgan fingerprint density at radius 2 is 1.08 bits per heavy atom. The van der Waals surface area contributed by atoms with E-state index in [2.05, 4.69) is 97.1 Å². The number of benzene rings is 3. The maximum Gasteiger partial charge on any atom is 0.0132 e. The van der Waals surface area contributed by atoms with Gasteiger partial charge in [0.25, 0.3) is 0 Å². The van der Waals surface area contributed by atoms with Crippen LogP contribution in [0.4, 0.5) is 0 Å². The molecule has 0 heteroatoms. The van der Waals surface area contributed by atoms with Crippen molar-refractivity contribution in [2.45, 2.75) is 11.8 Å². The molecule has 0 heterocycles. The van der Waals surface area contributed by atoms with Crippen LogP contribution in [0.5, 0.6) is 0 Å². The van der Waals surface area contributed by atoms with Crippen molar-refractivity contribution in [1.82, 2.24) is 0 Å². The summed E-state index contributed by atoms with van der Waals surface area (Å²) in [4.78, 5) is 0. The summed E-state index contributed by atoms with van der Waals surface area (Å²) in [6.07, 6.45) is 2.55. The van der Waals surface area contributed by atoms with Gasteiger partial charge in [0.05, 0.1) is 0 Å². The first-order valence-corrected chi connectivity index (χ1v) is 8.80. The Balaban J connectivity index is 1.57. The van der Waals surface area contributed by atoms with Crippen molar-refractivity contribution >= 4 is 5.57 Å². The van der Waals surface area contributed by atoms with Gasteiger partial charge in [-0.15, -0.1) is 0 Å². The van der Waals surface area contributed by atoms with Gasteiger partial charge in [0.1, 0.15) is 0 Å². The zero-order valence-electron chi connectivity index (χ0n) is 13.5. The number of hydrogen-bond donors (Lipinski definition) is 0. The molecule has 0 aromatic heterocycles. The lowest BCUT2D eigenvalue weighted by atomic mass is 9.83. The van der Waals surface area contributed by atoms with E-state index in [0.29, 0.717) is 23.7 Å². The van der Waals surface area contributed by atoms with Crippen molar-refractivity contribution < 1.29 is 0 Å². The second kappa shape index (κ2) is 5.49. The third kappa shape index (κ3) is 2.14. The number of fused-ring (bicyclic) bond motifs is 1. The van der Waals surface area contributed by atoms with Gasteiger partial charge in [-0.25, -0.2) is 0 Å². The average molecular weight is 308 g/mol. The molecule has 5 rings (SSSR count). The van der Waals surface area contributed by atoms with E-state index in [4.69, 9.17) is 0 Å². The second-order valence-corrected chi connectivity index (χ2v) is 6.97. The number of hydrogen-bond acceptors (Lipinski definition) is 0. The van der Waals surface area contributed by atoms with Gasteiger partial charge in [0.15, 0.2) is 0 Å². The molecular weight excluding hydrogens is 288 g/mol. The second-order valence-electron chi connectivity index (χ2n) is 6.97. The lowest BCUT2D eigenvalue weighted by molar-refractivity contribution is 0.720. The van der Waals surface area contributed by atoms with Gasteiger partial charge in [-0.05, 0) is 40.0 Å².